The van der Waals surface area contributed by atoms with Crippen LogP contribution in [-0.2, 0) is 0 Å². The Labute approximate surface area is 68.3 Å². The van der Waals surface area contributed by atoms with Crippen LogP contribution >= 0.6 is 15.9 Å². The second kappa shape index (κ2) is 3.71. The maximum atomic E-state index is 12.5. The molecular weight excluding hydrogens is 195 g/mol. The van der Waals surface area contributed by atoms with Crippen LogP contribution in [0.1, 0.15) is 12.8 Å². The van der Waals surface area contributed by atoms with E-state index in [1.807, 2.05) is 6.08 Å². The van der Waals surface area contributed by atoms with Gasteiger partial charge < -0.3 is 0 Å². The summed E-state index contributed by atoms with van der Waals surface area (Å²) in [7, 11) is 0. The summed E-state index contributed by atoms with van der Waals surface area (Å²) in [6.45, 7) is 0. The number of allylic oxidation sites excluding steroid dienone is 6. The molecule has 0 heterocycles. The van der Waals surface area contributed by atoms with Crippen LogP contribution in [0.5, 0.6) is 0 Å². The van der Waals surface area contributed by atoms with Gasteiger partial charge in [0.05, 0.1) is 0 Å². The first-order valence-electron chi connectivity index (χ1n) is 3.17. The Morgan fingerprint density at radius 3 is 3.00 bits per heavy atom. The molecule has 0 radical (unpaired) electrons. The molecule has 0 bridgehead atoms. The summed E-state index contributed by atoms with van der Waals surface area (Å²) in [5.74, 6) is -0.184. The normalized spacial score (nSPS) is 24.2. The van der Waals surface area contributed by atoms with Gasteiger partial charge in [0.25, 0.3) is 0 Å². The first-order chi connectivity index (χ1) is 4.79. The highest BCUT2D eigenvalue weighted by Crippen LogP contribution is 2.16. The molecule has 0 aromatic carbocycles. The van der Waals surface area contributed by atoms with Crippen molar-refractivity contribution in [3.63, 3.8) is 0 Å². The van der Waals surface area contributed by atoms with Crippen molar-refractivity contribution in [3.8, 4) is 0 Å². The Kier molecular flexibility index (Phi) is 2.87. The Hall–Kier alpha value is -0.370. The minimum absolute atomic E-state index is 0.184. The van der Waals surface area contributed by atoms with Crippen LogP contribution in [0.3, 0.4) is 0 Å². The van der Waals surface area contributed by atoms with Gasteiger partial charge >= 0.3 is 0 Å². The van der Waals surface area contributed by atoms with E-state index in [1.165, 1.54) is 12.2 Å². The highest BCUT2D eigenvalue weighted by atomic mass is 79.9. The third kappa shape index (κ3) is 2.48. The molecule has 1 rings (SSSR count). The monoisotopic (exact) mass is 202 g/mol. The van der Waals surface area contributed by atoms with Crippen molar-refractivity contribution in [1.82, 2.24) is 0 Å². The van der Waals surface area contributed by atoms with E-state index < -0.39 is 0 Å². The topological polar surface area (TPSA) is 0 Å². The number of rotatable bonds is 0. The minimum Gasteiger partial charge on any atom is -0.207 e. The van der Waals surface area contributed by atoms with Crippen molar-refractivity contribution in [2.75, 3.05) is 0 Å². The molecule has 0 amide bonds. The van der Waals surface area contributed by atoms with Crippen molar-refractivity contribution >= 4 is 15.9 Å². The molecule has 0 aliphatic heterocycles. The fourth-order valence-electron chi connectivity index (χ4n) is 0.726. The van der Waals surface area contributed by atoms with E-state index in [-0.39, 0.29) is 5.83 Å². The van der Waals surface area contributed by atoms with Crippen LogP contribution < -0.4 is 0 Å². The molecule has 1 aliphatic rings. The van der Waals surface area contributed by atoms with Crippen LogP contribution in [0.4, 0.5) is 4.39 Å². The van der Waals surface area contributed by atoms with Crippen LogP contribution in [0.25, 0.3) is 0 Å². The Balaban J connectivity index is 2.75. The smallest absolute Gasteiger partial charge is 0.122 e. The second-order valence-corrected chi connectivity index (χ2v) is 3.12. The van der Waals surface area contributed by atoms with Crippen molar-refractivity contribution in [2.24, 2.45) is 0 Å². The Morgan fingerprint density at radius 1 is 1.40 bits per heavy atom. The molecule has 0 N–H and O–H groups in total. The molecule has 2 heteroatoms. The largest absolute Gasteiger partial charge is 0.207 e. The zero-order valence-corrected chi connectivity index (χ0v) is 7.07. The molecule has 0 aromatic rings. The summed E-state index contributed by atoms with van der Waals surface area (Å²) in [5, 5.41) is 0. The molecule has 0 saturated carbocycles. The van der Waals surface area contributed by atoms with Crippen molar-refractivity contribution in [1.29, 1.82) is 0 Å². The first-order valence-corrected chi connectivity index (χ1v) is 3.97. The second-order valence-electron chi connectivity index (χ2n) is 2.11. The van der Waals surface area contributed by atoms with E-state index in [2.05, 4.69) is 15.9 Å². The van der Waals surface area contributed by atoms with Gasteiger partial charge in [0.2, 0.25) is 0 Å². The first kappa shape index (κ1) is 7.73. The zero-order valence-electron chi connectivity index (χ0n) is 5.48. The summed E-state index contributed by atoms with van der Waals surface area (Å²) in [4.78, 5) is 0. The van der Waals surface area contributed by atoms with E-state index in [9.17, 15) is 4.39 Å². The van der Waals surface area contributed by atoms with Gasteiger partial charge in [-0.15, -0.1) is 0 Å². The molecule has 10 heavy (non-hydrogen) atoms. The average molecular weight is 203 g/mol. The summed E-state index contributed by atoms with van der Waals surface area (Å²) >= 11 is 3.32. The fraction of sp³-hybridized carbons (Fsp3) is 0.250. The molecule has 0 nitrogen and oxygen atoms in total. The van der Waals surface area contributed by atoms with Gasteiger partial charge in [-0.05, 0) is 35.6 Å². The molecule has 0 saturated heterocycles. The van der Waals surface area contributed by atoms with Crippen molar-refractivity contribution in [3.05, 3.63) is 34.6 Å². The molecule has 54 valence electrons. The van der Waals surface area contributed by atoms with Gasteiger partial charge in [0, 0.05) is 0 Å². The van der Waals surface area contributed by atoms with Gasteiger partial charge in [-0.3, -0.25) is 0 Å². The fourth-order valence-corrected chi connectivity index (χ4v) is 1.09. The third-order valence-electron chi connectivity index (χ3n) is 1.25. The molecule has 0 atom stereocenters. The summed E-state index contributed by atoms with van der Waals surface area (Å²) in [6.07, 6.45) is 8.40. The van der Waals surface area contributed by atoms with Gasteiger partial charge in [-0.25, -0.2) is 4.39 Å². The SMILES string of the molecule is FC1=C/C=C(/Br)CCC=C1. The molecular formula is C8H8BrF. The van der Waals surface area contributed by atoms with Crippen molar-refractivity contribution in [2.45, 2.75) is 12.8 Å². The lowest BCUT2D eigenvalue weighted by molar-refractivity contribution is 0.665. The summed E-state index contributed by atoms with van der Waals surface area (Å²) < 4.78 is 13.6. The molecule has 0 fully saturated rings. The predicted molar refractivity (Wildman–Crippen MR) is 44.6 cm³/mol. The lowest BCUT2D eigenvalue weighted by Crippen LogP contribution is -1.75. The van der Waals surface area contributed by atoms with E-state index in [0.717, 1.165) is 17.3 Å². The maximum absolute atomic E-state index is 12.5. The highest BCUT2D eigenvalue weighted by Gasteiger charge is 1.93. The van der Waals surface area contributed by atoms with E-state index in [4.69, 9.17) is 0 Å². The van der Waals surface area contributed by atoms with Crippen LogP contribution in [0.15, 0.2) is 34.6 Å². The lowest BCUT2D eigenvalue weighted by atomic mass is 10.2. The molecule has 1 aliphatic carbocycles. The van der Waals surface area contributed by atoms with E-state index in [0.29, 0.717) is 0 Å². The standard InChI is InChI=1S/C8H8BrF/c9-7-3-1-2-4-8(10)6-5-7/h2,4-6H,1,3H2/b4-2?,7-5+,8-6?. The summed E-state index contributed by atoms with van der Waals surface area (Å²) in [5.41, 5.74) is 0. The van der Waals surface area contributed by atoms with Gasteiger partial charge in [-0.1, -0.05) is 22.0 Å². The van der Waals surface area contributed by atoms with Gasteiger partial charge in [0.15, 0.2) is 0 Å². The van der Waals surface area contributed by atoms with Crippen LogP contribution in [0.2, 0.25) is 0 Å². The quantitative estimate of drug-likeness (QED) is 0.565. The van der Waals surface area contributed by atoms with Gasteiger partial charge in [0.1, 0.15) is 5.83 Å². The number of halogens is 2. The van der Waals surface area contributed by atoms with Crippen molar-refractivity contribution < 1.29 is 4.39 Å². The summed E-state index contributed by atoms with van der Waals surface area (Å²) in [6, 6.07) is 0. The third-order valence-corrected chi connectivity index (χ3v) is 1.91. The molecule has 0 aromatic heterocycles. The van der Waals surface area contributed by atoms with Crippen LogP contribution in [-0.4, -0.2) is 0 Å². The lowest BCUT2D eigenvalue weighted by Gasteiger charge is -1.96. The predicted octanol–water partition coefficient (Wildman–Crippen LogP) is 3.47. The Bertz CT molecular complexity index is 201. The molecule has 0 unspecified atom stereocenters. The number of hydrogen-bond donors (Lipinski definition) is 0. The molecule has 0 spiro atoms. The maximum Gasteiger partial charge on any atom is 0.122 e. The number of hydrogen-bond acceptors (Lipinski definition) is 0. The van der Waals surface area contributed by atoms with E-state index >= 15 is 0 Å². The van der Waals surface area contributed by atoms with E-state index in [1.54, 1.807) is 6.08 Å². The Morgan fingerprint density at radius 2 is 2.20 bits per heavy atom. The van der Waals surface area contributed by atoms with Gasteiger partial charge in [-0.2, -0.15) is 0 Å². The minimum atomic E-state index is -0.184. The average Bonchev–Trinajstić information content (AvgIpc) is 1.90. The van der Waals surface area contributed by atoms with Crippen LogP contribution in [0, 0.1) is 0 Å². The zero-order chi connectivity index (χ0) is 7.40. The highest BCUT2D eigenvalue weighted by molar-refractivity contribution is 9.11.